The Morgan fingerprint density at radius 1 is 0.741 bits per heavy atom. The van der Waals surface area contributed by atoms with Crippen LogP contribution in [0.1, 0.15) is 63.8 Å². The number of hydrogen-bond acceptors (Lipinski definition) is 4. The van der Waals surface area contributed by atoms with Gasteiger partial charge < -0.3 is 13.9 Å². The average molecular weight is 405 g/mol. The summed E-state index contributed by atoms with van der Waals surface area (Å²) in [6.45, 7) is 17.2. The summed E-state index contributed by atoms with van der Waals surface area (Å²) >= 11 is 1.66. The van der Waals surface area contributed by atoms with Crippen molar-refractivity contribution >= 4 is 20.4 Å². The summed E-state index contributed by atoms with van der Waals surface area (Å²) in [7, 11) is -2.07. The molecule has 1 heterocycles. The average Bonchev–Trinajstić information content (AvgIpc) is 2.48. The van der Waals surface area contributed by atoms with E-state index in [9.17, 15) is 4.89 Å². The Hall–Kier alpha value is -1.22. The molecule has 5 heteroatoms. The van der Waals surface area contributed by atoms with Crippen molar-refractivity contribution in [3.8, 4) is 11.5 Å². The normalized spacial score (nSPS) is 15.1. The lowest BCUT2D eigenvalue weighted by Gasteiger charge is -2.30. The van der Waals surface area contributed by atoms with Gasteiger partial charge in [0.05, 0.1) is 9.79 Å². The zero-order valence-corrected chi connectivity index (χ0v) is 19.1. The summed E-state index contributed by atoms with van der Waals surface area (Å²) < 4.78 is 12.0. The van der Waals surface area contributed by atoms with Crippen molar-refractivity contribution in [2.45, 2.75) is 76.0 Å². The van der Waals surface area contributed by atoms with Crippen LogP contribution in [0.25, 0.3) is 0 Å². The summed E-state index contributed by atoms with van der Waals surface area (Å²) in [6.07, 6.45) is 0. The number of hydrogen-bond donors (Lipinski definition) is 1. The van der Waals surface area contributed by atoms with Gasteiger partial charge in [-0.3, -0.25) is 0 Å². The van der Waals surface area contributed by atoms with Gasteiger partial charge in [0.2, 0.25) is 0 Å². The number of rotatable bonds is 0. The third-order valence-corrected chi connectivity index (χ3v) is 6.30. The predicted octanol–water partition coefficient (Wildman–Crippen LogP) is 7.04. The number of aryl methyl sites for hydroxylation is 2. The highest BCUT2D eigenvalue weighted by Gasteiger charge is 2.31. The van der Waals surface area contributed by atoms with Crippen LogP contribution in [0.3, 0.4) is 0 Å². The molecule has 0 aromatic heterocycles. The maximum Gasteiger partial charge on any atom is 0.460 e. The molecule has 3 nitrogen and oxygen atoms in total. The number of benzene rings is 2. The lowest BCUT2D eigenvalue weighted by Crippen LogP contribution is -2.16. The predicted molar refractivity (Wildman–Crippen MR) is 114 cm³/mol. The third kappa shape index (κ3) is 4.29. The quantitative estimate of drug-likeness (QED) is 0.478. The first-order chi connectivity index (χ1) is 12.4. The minimum atomic E-state index is -2.07. The first-order valence-corrected chi connectivity index (χ1v) is 11.1. The molecule has 1 aliphatic rings. The molecule has 2 aromatic carbocycles. The Bertz CT molecular complexity index is 807. The van der Waals surface area contributed by atoms with Crippen LogP contribution >= 0.6 is 20.4 Å². The van der Waals surface area contributed by atoms with Gasteiger partial charge in [0, 0.05) is 11.1 Å². The van der Waals surface area contributed by atoms with Crippen molar-refractivity contribution < 1.29 is 13.9 Å². The van der Waals surface area contributed by atoms with Crippen LogP contribution in [0.4, 0.5) is 0 Å². The largest absolute Gasteiger partial charge is 0.460 e. The zero-order chi connectivity index (χ0) is 20.1. The molecule has 0 aliphatic carbocycles. The van der Waals surface area contributed by atoms with Crippen LogP contribution < -0.4 is 9.05 Å². The van der Waals surface area contributed by atoms with Gasteiger partial charge in [-0.05, 0) is 47.9 Å². The molecule has 0 spiro atoms. The van der Waals surface area contributed by atoms with Gasteiger partial charge in [0.25, 0.3) is 0 Å². The molecule has 0 radical (unpaired) electrons. The molecular weight excluding hydrogens is 375 g/mol. The SMILES string of the molecule is Cc1cc2c(c(C(C)(C)C)c1)OP(O)Oc1c(cc(C)cc1C(C)(C)C)S2. The molecule has 0 fully saturated rings. The van der Waals surface area contributed by atoms with Gasteiger partial charge >= 0.3 is 8.60 Å². The summed E-state index contributed by atoms with van der Waals surface area (Å²) in [5, 5.41) is 0. The maximum atomic E-state index is 10.6. The molecule has 1 N–H and O–H groups in total. The minimum absolute atomic E-state index is 0.0992. The van der Waals surface area contributed by atoms with Gasteiger partial charge in [-0.2, -0.15) is 0 Å². The molecule has 3 rings (SSSR count). The molecule has 0 saturated heterocycles. The monoisotopic (exact) mass is 404 g/mol. The van der Waals surface area contributed by atoms with E-state index in [0.29, 0.717) is 0 Å². The van der Waals surface area contributed by atoms with Crippen LogP contribution in [0.2, 0.25) is 0 Å². The second kappa shape index (κ2) is 6.99. The summed E-state index contributed by atoms with van der Waals surface area (Å²) in [4.78, 5) is 12.7. The van der Waals surface area contributed by atoms with Crippen molar-refractivity contribution in [3.05, 3.63) is 46.5 Å². The minimum Gasteiger partial charge on any atom is -0.416 e. The van der Waals surface area contributed by atoms with E-state index in [2.05, 4.69) is 79.7 Å². The highest BCUT2D eigenvalue weighted by atomic mass is 32.2. The third-order valence-electron chi connectivity index (χ3n) is 4.57. The van der Waals surface area contributed by atoms with Crippen molar-refractivity contribution in [2.24, 2.45) is 0 Å². The molecule has 2 aromatic rings. The Kier molecular flexibility index (Phi) is 5.31. The molecule has 146 valence electrons. The highest BCUT2D eigenvalue weighted by Crippen LogP contribution is 2.54. The van der Waals surface area contributed by atoms with Crippen LogP contribution in [0.15, 0.2) is 34.1 Å². The van der Waals surface area contributed by atoms with E-state index in [0.717, 1.165) is 32.4 Å². The first-order valence-electron chi connectivity index (χ1n) is 9.19. The molecule has 27 heavy (non-hydrogen) atoms. The van der Waals surface area contributed by atoms with E-state index in [1.807, 2.05) is 0 Å². The van der Waals surface area contributed by atoms with Crippen LogP contribution in [0, 0.1) is 13.8 Å². The molecule has 0 unspecified atom stereocenters. The highest BCUT2D eigenvalue weighted by molar-refractivity contribution is 7.99. The van der Waals surface area contributed by atoms with Gasteiger partial charge in [0.1, 0.15) is 11.5 Å². The van der Waals surface area contributed by atoms with Gasteiger partial charge in [-0.25, -0.2) is 0 Å². The van der Waals surface area contributed by atoms with Gasteiger partial charge in [0.15, 0.2) is 0 Å². The molecule has 0 amide bonds. The van der Waals surface area contributed by atoms with Crippen molar-refractivity contribution in [2.75, 3.05) is 0 Å². The van der Waals surface area contributed by atoms with Gasteiger partial charge in [-0.15, -0.1) is 0 Å². The Morgan fingerprint density at radius 3 is 1.44 bits per heavy atom. The summed E-state index contributed by atoms with van der Waals surface area (Å²) in [5.74, 6) is 1.47. The Morgan fingerprint density at radius 2 is 1.11 bits per heavy atom. The molecule has 1 aliphatic heterocycles. The molecular formula is C22H29O3PS. The van der Waals surface area contributed by atoms with Crippen LogP contribution in [0.5, 0.6) is 11.5 Å². The molecule has 0 bridgehead atoms. The zero-order valence-electron chi connectivity index (χ0n) is 17.4. The van der Waals surface area contributed by atoms with Crippen molar-refractivity contribution in [1.29, 1.82) is 0 Å². The second-order valence-corrected chi connectivity index (χ2v) is 11.2. The Balaban J connectivity index is 2.26. The molecule has 0 saturated carbocycles. The lowest BCUT2D eigenvalue weighted by atomic mass is 9.85. The van der Waals surface area contributed by atoms with E-state index >= 15 is 0 Å². The topological polar surface area (TPSA) is 38.7 Å². The van der Waals surface area contributed by atoms with E-state index in [4.69, 9.17) is 9.05 Å². The lowest BCUT2D eigenvalue weighted by molar-refractivity contribution is 0.362. The second-order valence-electron chi connectivity index (χ2n) is 9.30. The van der Waals surface area contributed by atoms with E-state index < -0.39 is 8.60 Å². The van der Waals surface area contributed by atoms with Crippen LogP contribution in [-0.2, 0) is 10.8 Å². The first kappa shape index (κ1) is 20.5. The smallest absolute Gasteiger partial charge is 0.416 e. The van der Waals surface area contributed by atoms with E-state index in [1.54, 1.807) is 11.8 Å². The van der Waals surface area contributed by atoms with E-state index in [1.165, 1.54) is 11.1 Å². The fraction of sp³-hybridized carbons (Fsp3) is 0.455. The summed E-state index contributed by atoms with van der Waals surface area (Å²) in [6, 6.07) is 8.54. The van der Waals surface area contributed by atoms with Crippen molar-refractivity contribution in [1.82, 2.24) is 0 Å². The fourth-order valence-corrected chi connectivity index (χ4v) is 5.31. The number of fused-ring (bicyclic) bond motifs is 2. The van der Waals surface area contributed by atoms with Gasteiger partial charge in [-0.1, -0.05) is 65.4 Å². The maximum absolute atomic E-state index is 10.6. The standard InChI is InChI=1S/C22H29O3PS/c1-13-9-15(21(3,4)5)19-17(11-13)27-18-12-14(2)10-16(22(6,7)8)20(18)25-26(23)24-19/h9-12,23H,1-8H3. The van der Waals surface area contributed by atoms with Crippen LogP contribution in [-0.4, -0.2) is 4.89 Å². The summed E-state index contributed by atoms with van der Waals surface area (Å²) in [5.41, 5.74) is 4.34. The van der Waals surface area contributed by atoms with Crippen molar-refractivity contribution in [3.63, 3.8) is 0 Å². The fourth-order valence-electron chi connectivity index (χ4n) is 3.23. The van der Waals surface area contributed by atoms with E-state index in [-0.39, 0.29) is 10.8 Å². The molecule has 0 atom stereocenters. The Labute approximate surface area is 168 Å².